The molecule has 2 amide bonds. The van der Waals surface area contributed by atoms with E-state index in [0.717, 1.165) is 55.4 Å². The maximum atomic E-state index is 13.6. The van der Waals surface area contributed by atoms with E-state index in [1.807, 2.05) is 60.4 Å². The van der Waals surface area contributed by atoms with Gasteiger partial charge < -0.3 is 19.9 Å². The molecule has 204 valence electrons. The van der Waals surface area contributed by atoms with Crippen LogP contribution in [0.4, 0.5) is 11.4 Å². The van der Waals surface area contributed by atoms with E-state index in [-0.39, 0.29) is 18.2 Å². The molecule has 2 aliphatic rings. The number of thiocarbonyl (C=S) groups is 1. The van der Waals surface area contributed by atoms with Crippen molar-refractivity contribution >= 4 is 40.5 Å². The molecule has 0 unspecified atom stereocenters. The molecule has 4 rings (SSSR count). The second-order valence-corrected chi connectivity index (χ2v) is 10.9. The number of carbonyl (C=O) groups excluding carboxylic acids is 2. The molecule has 0 saturated carbocycles. The Bertz CT molecular complexity index is 1100. The van der Waals surface area contributed by atoms with Gasteiger partial charge in [0.05, 0.1) is 18.7 Å². The summed E-state index contributed by atoms with van der Waals surface area (Å²) in [6.07, 6.45) is 4.33. The Balaban J connectivity index is 1.43. The molecule has 1 N–H and O–H groups in total. The first-order valence-corrected chi connectivity index (χ1v) is 14.2. The fourth-order valence-electron chi connectivity index (χ4n) is 5.01. The summed E-state index contributed by atoms with van der Waals surface area (Å²) in [6.45, 7) is 10.9. The maximum Gasteiger partial charge on any atom is 0.256 e. The first-order valence-electron chi connectivity index (χ1n) is 13.8. The zero-order valence-corrected chi connectivity index (χ0v) is 23.6. The highest BCUT2D eigenvalue weighted by Crippen LogP contribution is 2.28. The summed E-state index contributed by atoms with van der Waals surface area (Å²) in [4.78, 5) is 32.7. The number of amides is 2. The molecule has 7 nitrogen and oxygen atoms in total. The summed E-state index contributed by atoms with van der Waals surface area (Å²) >= 11 is 5.82. The molecule has 2 fully saturated rings. The minimum Gasteiger partial charge on any atom is -0.494 e. The molecule has 1 atom stereocenters. The predicted molar refractivity (Wildman–Crippen MR) is 157 cm³/mol. The predicted octanol–water partition coefficient (Wildman–Crippen LogP) is 5.24. The molecule has 8 heteroatoms. The average molecular weight is 537 g/mol. The molecule has 2 aliphatic heterocycles. The van der Waals surface area contributed by atoms with Crippen molar-refractivity contribution in [1.29, 1.82) is 0 Å². The highest BCUT2D eigenvalue weighted by atomic mass is 32.1. The number of anilines is 2. The lowest BCUT2D eigenvalue weighted by molar-refractivity contribution is -0.124. The highest BCUT2D eigenvalue weighted by molar-refractivity contribution is 7.80. The highest BCUT2D eigenvalue weighted by Gasteiger charge is 2.43. The van der Waals surface area contributed by atoms with Gasteiger partial charge in [-0.2, -0.15) is 0 Å². The maximum absolute atomic E-state index is 13.6. The smallest absolute Gasteiger partial charge is 0.256 e. The summed E-state index contributed by atoms with van der Waals surface area (Å²) in [5.41, 5.74) is 2.53. The van der Waals surface area contributed by atoms with E-state index in [1.54, 1.807) is 4.90 Å². The quantitative estimate of drug-likeness (QED) is 0.397. The lowest BCUT2D eigenvalue weighted by Crippen LogP contribution is -2.40. The van der Waals surface area contributed by atoms with Gasteiger partial charge >= 0.3 is 0 Å². The van der Waals surface area contributed by atoms with Gasteiger partial charge in [-0.15, -0.1) is 0 Å². The fourth-order valence-corrected chi connectivity index (χ4v) is 5.43. The van der Waals surface area contributed by atoms with E-state index in [9.17, 15) is 9.59 Å². The van der Waals surface area contributed by atoms with Crippen molar-refractivity contribution < 1.29 is 14.3 Å². The standard InChI is InChI=1S/C30H40N4O3S/c1-4-20-37-26-12-8-24(9-13-26)31-28(35)21-27-29(36)34(25-10-6-22(2)7-11-25)30(38)33(27)17-5-16-32-18-14-23(3)15-19-32/h6-13,23,27H,4-5,14-21H2,1-3H3,(H,31,35)/t27-/m1/s1. The van der Waals surface area contributed by atoms with Crippen molar-refractivity contribution in [2.75, 3.05) is 43.0 Å². The van der Waals surface area contributed by atoms with E-state index >= 15 is 0 Å². The van der Waals surface area contributed by atoms with E-state index in [0.29, 0.717) is 24.0 Å². The molecular formula is C30H40N4O3S. The Morgan fingerprint density at radius 3 is 2.39 bits per heavy atom. The second kappa shape index (κ2) is 13.2. The minimum absolute atomic E-state index is 0.0383. The van der Waals surface area contributed by atoms with Crippen molar-refractivity contribution in [3.05, 3.63) is 54.1 Å². The van der Waals surface area contributed by atoms with E-state index in [4.69, 9.17) is 17.0 Å². The lowest BCUT2D eigenvalue weighted by atomic mass is 9.99. The van der Waals surface area contributed by atoms with E-state index in [1.165, 1.54) is 12.8 Å². The summed E-state index contributed by atoms with van der Waals surface area (Å²) in [5, 5.41) is 3.41. The first-order chi connectivity index (χ1) is 18.4. The van der Waals surface area contributed by atoms with Crippen molar-refractivity contribution in [3.63, 3.8) is 0 Å². The van der Waals surface area contributed by atoms with Crippen LogP contribution in [-0.4, -0.2) is 65.6 Å². The van der Waals surface area contributed by atoms with Crippen molar-refractivity contribution in [2.45, 2.75) is 58.9 Å². The van der Waals surface area contributed by atoms with Crippen LogP contribution in [-0.2, 0) is 9.59 Å². The Morgan fingerprint density at radius 2 is 1.74 bits per heavy atom. The monoisotopic (exact) mass is 536 g/mol. The van der Waals surface area contributed by atoms with Crippen molar-refractivity contribution in [3.8, 4) is 5.75 Å². The van der Waals surface area contributed by atoms with Crippen LogP contribution in [0.1, 0.15) is 51.5 Å². The fraction of sp³-hybridized carbons (Fsp3) is 0.500. The summed E-state index contributed by atoms with van der Waals surface area (Å²) < 4.78 is 5.62. The van der Waals surface area contributed by atoms with Crippen LogP contribution in [0, 0.1) is 12.8 Å². The van der Waals surface area contributed by atoms with Gasteiger partial charge in [-0.05, 0) is 107 Å². The SMILES string of the molecule is CCCOc1ccc(NC(=O)C[C@@H]2C(=O)N(c3ccc(C)cc3)C(=S)N2CCCN2CCC(C)CC2)cc1. The Morgan fingerprint density at radius 1 is 1.05 bits per heavy atom. The number of hydrogen-bond donors (Lipinski definition) is 1. The number of hydrogen-bond acceptors (Lipinski definition) is 5. The molecule has 2 aromatic carbocycles. The number of likely N-dealkylation sites (tertiary alicyclic amines) is 1. The van der Waals surface area contributed by atoms with E-state index in [2.05, 4.69) is 24.1 Å². The third kappa shape index (κ3) is 7.11. The summed E-state index contributed by atoms with van der Waals surface area (Å²) in [7, 11) is 0. The second-order valence-electron chi connectivity index (χ2n) is 10.5. The number of piperidine rings is 1. The molecule has 0 radical (unpaired) electrons. The molecule has 38 heavy (non-hydrogen) atoms. The Labute approximate surface area is 232 Å². The van der Waals surface area contributed by atoms with Crippen LogP contribution >= 0.6 is 12.2 Å². The van der Waals surface area contributed by atoms with Gasteiger partial charge in [0, 0.05) is 12.2 Å². The van der Waals surface area contributed by atoms with Gasteiger partial charge in [-0.1, -0.05) is 31.5 Å². The van der Waals surface area contributed by atoms with E-state index < -0.39 is 6.04 Å². The van der Waals surface area contributed by atoms with Gasteiger partial charge in [0.15, 0.2) is 5.11 Å². The van der Waals surface area contributed by atoms with Gasteiger partial charge in [-0.25, -0.2) is 0 Å². The first kappa shape index (κ1) is 28.0. The van der Waals surface area contributed by atoms with Gasteiger partial charge in [0.1, 0.15) is 11.8 Å². The van der Waals surface area contributed by atoms with Gasteiger partial charge in [-0.3, -0.25) is 14.5 Å². The van der Waals surface area contributed by atoms with Crippen molar-refractivity contribution in [1.82, 2.24) is 9.80 Å². The molecular weight excluding hydrogens is 496 g/mol. The molecule has 2 heterocycles. The minimum atomic E-state index is -0.627. The van der Waals surface area contributed by atoms with Crippen LogP contribution in [0.25, 0.3) is 0 Å². The number of aryl methyl sites for hydroxylation is 1. The largest absolute Gasteiger partial charge is 0.494 e. The third-order valence-electron chi connectivity index (χ3n) is 7.35. The van der Waals surface area contributed by atoms with Gasteiger partial charge in [0.25, 0.3) is 5.91 Å². The summed E-state index contributed by atoms with van der Waals surface area (Å²) in [5.74, 6) is 1.20. The zero-order chi connectivity index (χ0) is 27.1. The number of rotatable bonds is 11. The molecule has 0 aromatic heterocycles. The van der Waals surface area contributed by atoms with Crippen LogP contribution in [0.15, 0.2) is 48.5 Å². The Kier molecular flexibility index (Phi) is 9.74. The number of nitrogens with zero attached hydrogens (tertiary/aromatic N) is 3. The number of benzene rings is 2. The van der Waals surface area contributed by atoms with Crippen LogP contribution in [0.5, 0.6) is 5.75 Å². The Hall–Kier alpha value is -2.97. The normalized spacial score (nSPS) is 18.8. The number of ether oxygens (including phenoxy) is 1. The van der Waals surface area contributed by atoms with Crippen LogP contribution in [0.3, 0.4) is 0 Å². The topological polar surface area (TPSA) is 65.1 Å². The number of carbonyl (C=O) groups is 2. The molecule has 2 saturated heterocycles. The zero-order valence-electron chi connectivity index (χ0n) is 22.8. The van der Waals surface area contributed by atoms with Crippen molar-refractivity contribution in [2.24, 2.45) is 5.92 Å². The average Bonchev–Trinajstić information content (AvgIpc) is 3.14. The number of nitrogens with one attached hydrogen (secondary N) is 1. The molecule has 0 spiro atoms. The summed E-state index contributed by atoms with van der Waals surface area (Å²) in [6, 6.07) is 14.5. The molecule has 2 aromatic rings. The van der Waals surface area contributed by atoms with Crippen LogP contribution in [0.2, 0.25) is 0 Å². The molecule has 0 bridgehead atoms. The molecule has 0 aliphatic carbocycles. The lowest BCUT2D eigenvalue weighted by Gasteiger charge is -2.31. The third-order valence-corrected chi connectivity index (χ3v) is 7.77. The van der Waals surface area contributed by atoms with Gasteiger partial charge in [0.2, 0.25) is 5.91 Å². The van der Waals surface area contributed by atoms with Crippen LogP contribution < -0.4 is 15.0 Å².